The van der Waals surface area contributed by atoms with E-state index in [0.717, 1.165) is 71.7 Å². The van der Waals surface area contributed by atoms with Crippen LogP contribution in [0.25, 0.3) is 89.2 Å². The molecule has 5 heteroatoms. The standard InChI is InChI=1S/C39H23N3O2/c1-2-10-24(11-3-1)37-40-38(42-39(41-37)27-20-21-30-29-14-4-6-17-32(29)44-35(30)23-27)26-13-8-12-25(22-26)28-16-9-19-34-36(28)31-15-5-7-18-33(31)43-34/h1-23H. The topological polar surface area (TPSA) is 65.0 Å². The first-order valence-electron chi connectivity index (χ1n) is 14.5. The second kappa shape index (κ2) is 9.75. The largest absolute Gasteiger partial charge is 0.456 e. The van der Waals surface area contributed by atoms with Gasteiger partial charge in [-0.2, -0.15) is 0 Å². The van der Waals surface area contributed by atoms with Crippen LogP contribution in [0.15, 0.2) is 148 Å². The molecule has 0 spiro atoms. The lowest BCUT2D eigenvalue weighted by Crippen LogP contribution is -2.00. The monoisotopic (exact) mass is 565 g/mol. The Balaban J connectivity index is 1.22. The highest BCUT2D eigenvalue weighted by Crippen LogP contribution is 2.38. The molecule has 0 N–H and O–H groups in total. The van der Waals surface area contributed by atoms with E-state index in [4.69, 9.17) is 23.8 Å². The zero-order chi connectivity index (χ0) is 29.0. The van der Waals surface area contributed by atoms with Crippen LogP contribution in [0.1, 0.15) is 0 Å². The summed E-state index contributed by atoms with van der Waals surface area (Å²) in [5, 5.41) is 4.35. The molecular formula is C39H23N3O2. The molecule has 0 aliphatic rings. The number of nitrogens with zero attached hydrogens (tertiary/aromatic N) is 3. The summed E-state index contributed by atoms with van der Waals surface area (Å²) in [5.74, 6) is 1.80. The van der Waals surface area contributed by atoms with Crippen LogP contribution in [0.5, 0.6) is 0 Å². The lowest BCUT2D eigenvalue weighted by atomic mass is 9.98. The molecule has 0 fully saturated rings. The molecule has 0 saturated heterocycles. The Labute approximate surface area is 252 Å². The third-order valence-corrected chi connectivity index (χ3v) is 8.14. The molecule has 0 bridgehead atoms. The van der Waals surface area contributed by atoms with E-state index in [1.165, 1.54) is 0 Å². The highest BCUT2D eigenvalue weighted by molar-refractivity contribution is 6.12. The predicted molar refractivity (Wildman–Crippen MR) is 176 cm³/mol. The van der Waals surface area contributed by atoms with Gasteiger partial charge in [0, 0.05) is 38.2 Å². The number of aromatic nitrogens is 3. The van der Waals surface area contributed by atoms with Gasteiger partial charge in [0.15, 0.2) is 17.5 Å². The minimum absolute atomic E-state index is 0.588. The SMILES string of the molecule is c1ccc(-c2nc(-c3cccc(-c4cccc5oc6ccccc6c45)c3)nc(-c3ccc4c(c3)oc3ccccc34)n2)cc1. The van der Waals surface area contributed by atoms with Crippen LogP contribution in [0, 0.1) is 0 Å². The van der Waals surface area contributed by atoms with Gasteiger partial charge in [-0.25, -0.2) is 15.0 Å². The van der Waals surface area contributed by atoms with Crippen molar-refractivity contribution in [2.45, 2.75) is 0 Å². The molecule has 0 aliphatic carbocycles. The van der Waals surface area contributed by atoms with Crippen molar-refractivity contribution in [3.8, 4) is 45.3 Å². The molecule has 9 rings (SSSR count). The molecule has 44 heavy (non-hydrogen) atoms. The zero-order valence-electron chi connectivity index (χ0n) is 23.4. The molecule has 3 heterocycles. The quantitative estimate of drug-likeness (QED) is 0.212. The lowest BCUT2D eigenvalue weighted by Gasteiger charge is -2.10. The van der Waals surface area contributed by atoms with Crippen molar-refractivity contribution >= 4 is 43.9 Å². The fourth-order valence-electron chi connectivity index (χ4n) is 6.06. The summed E-state index contributed by atoms with van der Waals surface area (Å²) in [6, 6.07) is 47.0. The van der Waals surface area contributed by atoms with Crippen LogP contribution >= 0.6 is 0 Å². The Morgan fingerprint density at radius 1 is 0.341 bits per heavy atom. The van der Waals surface area contributed by atoms with Gasteiger partial charge in [-0.3, -0.25) is 0 Å². The second-order valence-electron chi connectivity index (χ2n) is 10.8. The molecule has 0 unspecified atom stereocenters. The van der Waals surface area contributed by atoms with Gasteiger partial charge in [0.1, 0.15) is 22.3 Å². The fraction of sp³-hybridized carbons (Fsp3) is 0. The Morgan fingerprint density at radius 2 is 0.886 bits per heavy atom. The van der Waals surface area contributed by atoms with Gasteiger partial charge in [-0.05, 0) is 47.5 Å². The van der Waals surface area contributed by atoms with Crippen LogP contribution in [0.4, 0.5) is 0 Å². The third kappa shape index (κ3) is 3.98. The molecule has 0 amide bonds. The van der Waals surface area contributed by atoms with Crippen molar-refractivity contribution in [2.24, 2.45) is 0 Å². The summed E-state index contributed by atoms with van der Waals surface area (Å²) in [5.41, 5.74) is 8.25. The molecule has 6 aromatic carbocycles. The van der Waals surface area contributed by atoms with E-state index in [0.29, 0.717) is 17.5 Å². The number of para-hydroxylation sites is 2. The van der Waals surface area contributed by atoms with E-state index >= 15 is 0 Å². The zero-order valence-corrected chi connectivity index (χ0v) is 23.4. The molecule has 0 saturated carbocycles. The van der Waals surface area contributed by atoms with E-state index in [1.54, 1.807) is 0 Å². The van der Waals surface area contributed by atoms with Crippen molar-refractivity contribution in [3.63, 3.8) is 0 Å². The molecule has 9 aromatic rings. The maximum Gasteiger partial charge on any atom is 0.164 e. The van der Waals surface area contributed by atoms with E-state index in [1.807, 2.05) is 91.0 Å². The van der Waals surface area contributed by atoms with Gasteiger partial charge in [0.2, 0.25) is 0 Å². The van der Waals surface area contributed by atoms with Crippen molar-refractivity contribution in [1.29, 1.82) is 0 Å². The van der Waals surface area contributed by atoms with Gasteiger partial charge in [0.25, 0.3) is 0 Å². The summed E-state index contributed by atoms with van der Waals surface area (Å²) in [4.78, 5) is 14.9. The average Bonchev–Trinajstić information content (AvgIpc) is 3.66. The Kier molecular flexibility index (Phi) is 5.43. The van der Waals surface area contributed by atoms with Crippen molar-refractivity contribution in [1.82, 2.24) is 15.0 Å². The third-order valence-electron chi connectivity index (χ3n) is 8.14. The normalized spacial score (nSPS) is 11.6. The first-order valence-corrected chi connectivity index (χ1v) is 14.5. The first kappa shape index (κ1) is 24.5. The molecule has 0 aliphatic heterocycles. The van der Waals surface area contributed by atoms with Crippen molar-refractivity contribution < 1.29 is 8.83 Å². The molecular weight excluding hydrogens is 542 g/mol. The van der Waals surface area contributed by atoms with Gasteiger partial charge in [-0.1, -0.05) is 103 Å². The Bertz CT molecular complexity index is 2510. The number of furan rings is 2. The molecule has 5 nitrogen and oxygen atoms in total. The van der Waals surface area contributed by atoms with Gasteiger partial charge < -0.3 is 8.83 Å². The molecule has 3 aromatic heterocycles. The number of benzene rings is 6. The smallest absolute Gasteiger partial charge is 0.164 e. The lowest BCUT2D eigenvalue weighted by molar-refractivity contribution is 0.668. The van der Waals surface area contributed by atoms with Gasteiger partial charge in [0.05, 0.1) is 0 Å². The minimum atomic E-state index is 0.588. The molecule has 0 atom stereocenters. The maximum atomic E-state index is 6.19. The van der Waals surface area contributed by atoms with Crippen molar-refractivity contribution in [3.05, 3.63) is 140 Å². The van der Waals surface area contributed by atoms with Gasteiger partial charge in [-0.15, -0.1) is 0 Å². The van der Waals surface area contributed by atoms with Crippen LogP contribution in [-0.2, 0) is 0 Å². The van der Waals surface area contributed by atoms with Gasteiger partial charge >= 0.3 is 0 Å². The first-order chi connectivity index (χ1) is 21.8. The maximum absolute atomic E-state index is 6.19. The summed E-state index contributed by atoms with van der Waals surface area (Å²) >= 11 is 0. The number of rotatable bonds is 4. The van der Waals surface area contributed by atoms with E-state index in [2.05, 4.69) is 48.5 Å². The number of fused-ring (bicyclic) bond motifs is 6. The Morgan fingerprint density at radius 3 is 1.70 bits per heavy atom. The summed E-state index contributed by atoms with van der Waals surface area (Å²) in [6.07, 6.45) is 0. The van der Waals surface area contributed by atoms with Crippen LogP contribution in [0.3, 0.4) is 0 Å². The number of hydrogen-bond acceptors (Lipinski definition) is 5. The van der Waals surface area contributed by atoms with E-state index in [-0.39, 0.29) is 0 Å². The highest BCUT2D eigenvalue weighted by Gasteiger charge is 2.16. The van der Waals surface area contributed by atoms with Crippen LogP contribution in [0.2, 0.25) is 0 Å². The van der Waals surface area contributed by atoms with E-state index in [9.17, 15) is 0 Å². The summed E-state index contributed by atoms with van der Waals surface area (Å²) in [7, 11) is 0. The molecule has 206 valence electrons. The second-order valence-corrected chi connectivity index (χ2v) is 10.8. The fourth-order valence-corrected chi connectivity index (χ4v) is 6.06. The molecule has 0 radical (unpaired) electrons. The average molecular weight is 566 g/mol. The highest BCUT2D eigenvalue weighted by atomic mass is 16.3. The minimum Gasteiger partial charge on any atom is -0.456 e. The van der Waals surface area contributed by atoms with Crippen molar-refractivity contribution in [2.75, 3.05) is 0 Å². The predicted octanol–water partition coefficient (Wildman–Crippen LogP) is 10.3. The van der Waals surface area contributed by atoms with Crippen LogP contribution < -0.4 is 0 Å². The number of hydrogen-bond donors (Lipinski definition) is 0. The van der Waals surface area contributed by atoms with Crippen LogP contribution in [-0.4, -0.2) is 15.0 Å². The summed E-state index contributed by atoms with van der Waals surface area (Å²) < 4.78 is 12.4. The summed E-state index contributed by atoms with van der Waals surface area (Å²) in [6.45, 7) is 0. The van der Waals surface area contributed by atoms with E-state index < -0.39 is 0 Å². The Hall–Kier alpha value is -6.07.